The van der Waals surface area contributed by atoms with Gasteiger partial charge in [-0.3, -0.25) is 0 Å². The molecule has 1 aliphatic carbocycles. The lowest BCUT2D eigenvalue weighted by Crippen LogP contribution is -2.24. The number of hydrogen-bond acceptors (Lipinski definition) is 4. The van der Waals surface area contributed by atoms with E-state index in [1.165, 1.54) is 11.1 Å². The fourth-order valence-electron chi connectivity index (χ4n) is 5.95. The minimum Gasteiger partial charge on any atom is -0.457 e. The summed E-state index contributed by atoms with van der Waals surface area (Å²) in [5.74, 6) is 3.69. The summed E-state index contributed by atoms with van der Waals surface area (Å²) >= 11 is 0. The lowest BCUT2D eigenvalue weighted by atomic mass is 10.0. The zero-order valence-electron chi connectivity index (χ0n) is 22.5. The van der Waals surface area contributed by atoms with Crippen molar-refractivity contribution in [2.75, 3.05) is 9.80 Å². The zero-order valence-corrected chi connectivity index (χ0v) is 22.5. The van der Waals surface area contributed by atoms with E-state index in [0.29, 0.717) is 0 Å². The third kappa shape index (κ3) is 4.16. The molecule has 0 bridgehead atoms. The maximum absolute atomic E-state index is 6.26. The maximum Gasteiger partial charge on any atom is 0.151 e. The monoisotopic (exact) mass is 532 g/mol. The van der Waals surface area contributed by atoms with Crippen molar-refractivity contribution in [3.63, 3.8) is 0 Å². The standard InChI is InChI=1S/C37H28N2O2/c1-5-13-34-30(9-1)38(31-10-2-6-14-35(31)40-34)28-21-17-26(18-22-28)25-27-19-23-29(24-20-27)39-32-11-3-7-15-36(32)41-37-16-8-4-12-33(37)39/h1-7,9-15,17-24H,8,16,25H2. The fourth-order valence-corrected chi connectivity index (χ4v) is 5.95. The van der Waals surface area contributed by atoms with Gasteiger partial charge in [0, 0.05) is 17.8 Å². The Kier molecular flexibility index (Phi) is 5.63. The molecule has 0 N–H and O–H groups in total. The Morgan fingerprint density at radius 3 is 1.59 bits per heavy atom. The van der Waals surface area contributed by atoms with E-state index in [1.54, 1.807) is 0 Å². The molecule has 2 heterocycles. The van der Waals surface area contributed by atoms with Crippen molar-refractivity contribution in [3.05, 3.63) is 156 Å². The number of anilines is 5. The van der Waals surface area contributed by atoms with Crippen molar-refractivity contribution in [3.8, 4) is 17.2 Å². The van der Waals surface area contributed by atoms with Crippen molar-refractivity contribution in [2.24, 2.45) is 0 Å². The Morgan fingerprint density at radius 1 is 0.512 bits per heavy atom. The largest absolute Gasteiger partial charge is 0.457 e. The molecule has 5 aromatic carbocycles. The van der Waals surface area contributed by atoms with Crippen molar-refractivity contribution in [1.82, 2.24) is 0 Å². The lowest BCUT2D eigenvalue weighted by molar-refractivity contribution is 0.388. The SMILES string of the molecule is C1=CC2=C(CC1)Oc1ccccc1N2c1ccc(Cc2ccc(N3c4ccccc4Oc4ccccc43)cc2)cc1. The van der Waals surface area contributed by atoms with Crippen LogP contribution in [0.4, 0.5) is 28.4 Å². The van der Waals surface area contributed by atoms with Gasteiger partial charge in [-0.1, -0.05) is 66.7 Å². The third-order valence-corrected chi connectivity index (χ3v) is 7.91. The highest BCUT2D eigenvalue weighted by Crippen LogP contribution is 2.50. The number of hydrogen-bond donors (Lipinski definition) is 0. The van der Waals surface area contributed by atoms with Crippen LogP contribution in [0.5, 0.6) is 17.2 Å². The molecule has 3 aliphatic rings. The van der Waals surface area contributed by atoms with Gasteiger partial charge in [-0.15, -0.1) is 0 Å². The van der Waals surface area contributed by atoms with E-state index in [2.05, 4.69) is 113 Å². The summed E-state index contributed by atoms with van der Waals surface area (Å²) in [7, 11) is 0. The normalized spacial score (nSPS) is 14.8. The van der Waals surface area contributed by atoms with Crippen molar-refractivity contribution in [2.45, 2.75) is 19.3 Å². The highest BCUT2D eigenvalue weighted by molar-refractivity contribution is 5.86. The number of fused-ring (bicyclic) bond motifs is 3. The molecule has 0 fully saturated rings. The van der Waals surface area contributed by atoms with Crippen molar-refractivity contribution >= 4 is 28.4 Å². The molecule has 4 nitrogen and oxygen atoms in total. The summed E-state index contributed by atoms with van der Waals surface area (Å²) in [6, 6.07) is 42.5. The van der Waals surface area contributed by atoms with E-state index in [1.807, 2.05) is 30.3 Å². The summed E-state index contributed by atoms with van der Waals surface area (Å²) in [5, 5.41) is 0. The molecule has 0 radical (unpaired) electrons. The Morgan fingerprint density at radius 2 is 1.00 bits per heavy atom. The first-order chi connectivity index (χ1) is 20.3. The van der Waals surface area contributed by atoms with Gasteiger partial charge in [0.15, 0.2) is 17.2 Å². The number of benzene rings is 5. The van der Waals surface area contributed by atoms with Crippen LogP contribution in [0.1, 0.15) is 24.0 Å². The minimum absolute atomic E-state index is 0.865. The second kappa shape index (κ2) is 9.76. The average Bonchev–Trinajstić information content (AvgIpc) is 3.03. The van der Waals surface area contributed by atoms with Crippen LogP contribution in [-0.2, 0) is 6.42 Å². The highest BCUT2D eigenvalue weighted by Gasteiger charge is 2.28. The van der Waals surface area contributed by atoms with Gasteiger partial charge in [-0.25, -0.2) is 0 Å². The molecule has 198 valence electrons. The summed E-state index contributed by atoms with van der Waals surface area (Å²) in [6.45, 7) is 0. The number of allylic oxidation sites excluding steroid dienone is 3. The van der Waals surface area contributed by atoms with Gasteiger partial charge in [-0.05, 0) is 90.7 Å². The fraction of sp³-hybridized carbons (Fsp3) is 0.0811. The Bertz CT molecular complexity index is 1770. The smallest absolute Gasteiger partial charge is 0.151 e. The van der Waals surface area contributed by atoms with E-state index in [0.717, 1.165) is 76.4 Å². The van der Waals surface area contributed by atoms with Crippen LogP contribution in [0, 0.1) is 0 Å². The first-order valence-corrected chi connectivity index (χ1v) is 14.1. The minimum atomic E-state index is 0.865. The summed E-state index contributed by atoms with van der Waals surface area (Å²) < 4.78 is 12.4. The molecule has 0 saturated heterocycles. The van der Waals surface area contributed by atoms with Crippen LogP contribution in [0.15, 0.2) is 145 Å². The van der Waals surface area contributed by atoms with E-state index in [4.69, 9.17) is 9.47 Å². The third-order valence-electron chi connectivity index (χ3n) is 7.91. The molecule has 4 heteroatoms. The maximum atomic E-state index is 6.26. The van der Waals surface area contributed by atoms with Crippen molar-refractivity contribution in [1.29, 1.82) is 0 Å². The van der Waals surface area contributed by atoms with E-state index in [-0.39, 0.29) is 0 Å². The lowest BCUT2D eigenvalue weighted by Gasteiger charge is -2.35. The van der Waals surface area contributed by atoms with Gasteiger partial charge >= 0.3 is 0 Å². The van der Waals surface area contributed by atoms with E-state index < -0.39 is 0 Å². The second-order valence-electron chi connectivity index (χ2n) is 10.5. The van der Waals surface area contributed by atoms with Crippen LogP contribution in [0.25, 0.3) is 0 Å². The Hall–Kier alpha value is -5.22. The van der Waals surface area contributed by atoms with Gasteiger partial charge in [0.05, 0.1) is 22.8 Å². The van der Waals surface area contributed by atoms with Gasteiger partial charge in [0.25, 0.3) is 0 Å². The summed E-state index contributed by atoms with van der Waals surface area (Å²) in [4.78, 5) is 4.59. The van der Waals surface area contributed by atoms with E-state index in [9.17, 15) is 0 Å². The quantitative estimate of drug-likeness (QED) is 0.226. The first kappa shape index (κ1) is 23.6. The van der Waals surface area contributed by atoms with Crippen LogP contribution in [-0.4, -0.2) is 0 Å². The molecule has 0 spiro atoms. The van der Waals surface area contributed by atoms with Gasteiger partial charge in [0.1, 0.15) is 5.76 Å². The Balaban J connectivity index is 1.06. The molecule has 0 atom stereocenters. The Labute approximate surface area is 240 Å². The highest BCUT2D eigenvalue weighted by atomic mass is 16.5. The number of para-hydroxylation sites is 6. The van der Waals surface area contributed by atoms with Crippen LogP contribution in [0.2, 0.25) is 0 Å². The number of ether oxygens (including phenoxy) is 2. The second-order valence-corrected chi connectivity index (χ2v) is 10.5. The average molecular weight is 533 g/mol. The zero-order chi connectivity index (χ0) is 27.2. The summed E-state index contributed by atoms with van der Waals surface area (Å²) in [6.07, 6.45) is 7.22. The molecule has 2 aliphatic heterocycles. The topological polar surface area (TPSA) is 24.9 Å². The predicted octanol–water partition coefficient (Wildman–Crippen LogP) is 9.94. The molecule has 0 unspecified atom stereocenters. The van der Waals surface area contributed by atoms with Crippen LogP contribution >= 0.6 is 0 Å². The van der Waals surface area contributed by atoms with Gasteiger partial charge in [-0.2, -0.15) is 0 Å². The molecular formula is C37H28N2O2. The predicted molar refractivity (Wildman–Crippen MR) is 165 cm³/mol. The van der Waals surface area contributed by atoms with Crippen LogP contribution < -0.4 is 19.3 Å². The number of nitrogens with zero attached hydrogens (tertiary/aromatic N) is 2. The molecule has 0 aromatic heterocycles. The molecule has 5 aromatic rings. The van der Waals surface area contributed by atoms with E-state index >= 15 is 0 Å². The molecular weight excluding hydrogens is 504 g/mol. The molecule has 8 rings (SSSR count). The first-order valence-electron chi connectivity index (χ1n) is 14.1. The molecule has 41 heavy (non-hydrogen) atoms. The summed E-state index contributed by atoms with van der Waals surface area (Å²) in [5.41, 5.74) is 9.10. The van der Waals surface area contributed by atoms with Crippen LogP contribution in [0.3, 0.4) is 0 Å². The molecule has 0 amide bonds. The van der Waals surface area contributed by atoms with Gasteiger partial charge < -0.3 is 19.3 Å². The van der Waals surface area contributed by atoms with Gasteiger partial charge in [0.2, 0.25) is 0 Å². The molecule has 0 saturated carbocycles. The number of rotatable bonds is 4. The van der Waals surface area contributed by atoms with Crippen molar-refractivity contribution < 1.29 is 9.47 Å².